The Hall–Kier alpha value is -3.18. The van der Waals surface area contributed by atoms with Crippen molar-refractivity contribution in [3.05, 3.63) is 68.7 Å². The second-order valence-corrected chi connectivity index (χ2v) is 5.89. The van der Waals surface area contributed by atoms with Crippen LogP contribution in [0.4, 0.5) is 13.2 Å². The minimum Gasteiger partial charge on any atom is -0.474 e. The van der Waals surface area contributed by atoms with Crippen LogP contribution in [0.1, 0.15) is 15.9 Å². The molecule has 8 nitrogen and oxygen atoms in total. The van der Waals surface area contributed by atoms with E-state index in [0.717, 1.165) is 12.1 Å². The molecule has 0 aromatic heterocycles. The first-order chi connectivity index (χ1) is 13.5. The van der Waals surface area contributed by atoms with Gasteiger partial charge in [0, 0.05) is 5.56 Å². The fourth-order valence-electron chi connectivity index (χ4n) is 2.08. The van der Waals surface area contributed by atoms with Gasteiger partial charge in [-0.2, -0.15) is 13.2 Å². The van der Waals surface area contributed by atoms with Crippen LogP contribution in [0.15, 0.2) is 42.5 Å². The van der Waals surface area contributed by atoms with Crippen molar-refractivity contribution in [1.82, 2.24) is 0 Å². The highest BCUT2D eigenvalue weighted by atomic mass is 35.5. The van der Waals surface area contributed by atoms with Crippen LogP contribution in [-0.2, 0) is 15.7 Å². The average Bonchev–Trinajstić information content (AvgIpc) is 2.62. The van der Waals surface area contributed by atoms with Crippen molar-refractivity contribution in [3.63, 3.8) is 0 Å². The number of alkyl halides is 3. The van der Waals surface area contributed by atoms with Crippen molar-refractivity contribution < 1.29 is 42.3 Å². The molecule has 12 heteroatoms. The molecular weight excluding hydrogens is 423 g/mol. The van der Waals surface area contributed by atoms with E-state index in [1.807, 2.05) is 0 Å². The predicted molar refractivity (Wildman–Crippen MR) is 91.7 cm³/mol. The number of carboxylic acid groups (broad SMARTS) is 1. The number of nitrogens with zero attached hydrogens (tertiary/aromatic N) is 1. The van der Waals surface area contributed by atoms with Crippen LogP contribution in [0.2, 0.25) is 5.02 Å². The molecule has 0 bridgehead atoms. The summed E-state index contributed by atoms with van der Waals surface area (Å²) < 4.78 is 47.9. The molecule has 154 valence electrons. The minimum absolute atomic E-state index is 0.0296. The molecule has 1 N–H and O–H groups in total. The van der Waals surface area contributed by atoms with E-state index >= 15 is 0 Å². The van der Waals surface area contributed by atoms with E-state index in [1.165, 1.54) is 24.3 Å². The van der Waals surface area contributed by atoms with Gasteiger partial charge in [0.1, 0.15) is 18.1 Å². The summed E-state index contributed by atoms with van der Waals surface area (Å²) in [6.45, 7) is -0.886. The van der Waals surface area contributed by atoms with Crippen LogP contribution >= 0.6 is 11.6 Å². The van der Waals surface area contributed by atoms with Crippen molar-refractivity contribution in [1.29, 1.82) is 0 Å². The van der Waals surface area contributed by atoms with E-state index in [-0.39, 0.29) is 22.1 Å². The first-order valence-corrected chi connectivity index (χ1v) is 8.02. The number of aliphatic carboxylic acids is 1. The zero-order chi connectivity index (χ0) is 21.8. The molecule has 2 rings (SSSR count). The predicted octanol–water partition coefficient (Wildman–Crippen LogP) is 4.04. The summed E-state index contributed by atoms with van der Waals surface area (Å²) in [5.74, 6) is -2.69. The first kappa shape index (κ1) is 22.1. The summed E-state index contributed by atoms with van der Waals surface area (Å²) in [4.78, 5) is 32.1. The molecule has 0 radical (unpaired) electrons. The molecule has 2 aromatic rings. The number of hydrogen-bond acceptors (Lipinski definition) is 6. The number of ketones is 1. The number of Topliss-reactive ketones (excluding diaryl/α,β-unsaturated/α-hetero) is 1. The van der Waals surface area contributed by atoms with Crippen molar-refractivity contribution >= 4 is 23.4 Å². The maximum atomic E-state index is 12.7. The van der Waals surface area contributed by atoms with E-state index in [1.54, 1.807) is 0 Å². The molecule has 0 fully saturated rings. The fourth-order valence-corrected chi connectivity index (χ4v) is 2.30. The fraction of sp³-hybridized carbons (Fsp3) is 0.176. The molecule has 0 spiro atoms. The quantitative estimate of drug-likeness (QED) is 0.289. The van der Waals surface area contributed by atoms with Crippen molar-refractivity contribution in [3.8, 4) is 11.5 Å². The monoisotopic (exact) mass is 433 g/mol. The Morgan fingerprint density at radius 2 is 1.90 bits per heavy atom. The van der Waals surface area contributed by atoms with Gasteiger partial charge in [-0.15, -0.1) is 0 Å². The van der Waals surface area contributed by atoms with Gasteiger partial charge < -0.3 is 9.84 Å². The van der Waals surface area contributed by atoms with Crippen LogP contribution in [0.25, 0.3) is 0 Å². The number of hydrogen-bond donors (Lipinski definition) is 1. The Labute approximate surface area is 165 Å². The molecule has 0 saturated carbocycles. The van der Waals surface area contributed by atoms with E-state index in [0.29, 0.717) is 6.07 Å². The standard InChI is InChI=1S/C17H11ClF3NO7/c18-12-7-10(17(19,20)21)4-5-14(12)29-11-3-1-2-9(6-11)13(23)8-28-15(16(24)25)22(26)27/h1-7,15H,8H2,(H,24,25). The molecule has 0 aliphatic rings. The van der Waals surface area contributed by atoms with Crippen molar-refractivity contribution in [2.75, 3.05) is 6.61 Å². The molecule has 1 unspecified atom stereocenters. The number of rotatable bonds is 8. The Morgan fingerprint density at radius 3 is 2.45 bits per heavy atom. The average molecular weight is 434 g/mol. The van der Waals surface area contributed by atoms with E-state index in [4.69, 9.17) is 21.4 Å². The highest BCUT2D eigenvalue weighted by molar-refractivity contribution is 6.32. The molecule has 0 aliphatic carbocycles. The Morgan fingerprint density at radius 1 is 1.21 bits per heavy atom. The lowest BCUT2D eigenvalue weighted by atomic mass is 10.1. The second-order valence-electron chi connectivity index (χ2n) is 5.48. The summed E-state index contributed by atoms with van der Waals surface area (Å²) in [6.07, 6.45) is -6.98. The minimum atomic E-state index is -4.58. The van der Waals surface area contributed by atoms with Crippen molar-refractivity contribution in [2.45, 2.75) is 12.4 Å². The topological polar surface area (TPSA) is 116 Å². The number of carbonyl (C=O) groups is 2. The third-order valence-corrected chi connectivity index (χ3v) is 3.71. The lowest BCUT2D eigenvalue weighted by molar-refractivity contribution is -0.559. The highest BCUT2D eigenvalue weighted by Crippen LogP contribution is 2.36. The van der Waals surface area contributed by atoms with E-state index in [9.17, 15) is 32.9 Å². The molecule has 1 atom stereocenters. The number of carboxylic acids is 1. The van der Waals surface area contributed by atoms with Gasteiger partial charge in [0.25, 0.3) is 0 Å². The number of nitro groups is 1. The molecule has 2 aromatic carbocycles. The normalized spacial score (nSPS) is 12.3. The number of benzene rings is 2. The molecule has 0 aliphatic heterocycles. The third-order valence-electron chi connectivity index (χ3n) is 3.42. The van der Waals surface area contributed by atoms with Gasteiger partial charge in [0.2, 0.25) is 0 Å². The Bertz CT molecular complexity index is 935. The van der Waals surface area contributed by atoms with Crippen LogP contribution in [0.5, 0.6) is 11.5 Å². The number of ether oxygens (including phenoxy) is 2. The van der Waals surface area contributed by atoms with Gasteiger partial charge in [-0.1, -0.05) is 23.7 Å². The Kier molecular flexibility index (Phi) is 6.77. The van der Waals surface area contributed by atoms with Crippen LogP contribution in [-0.4, -0.2) is 34.6 Å². The maximum absolute atomic E-state index is 12.7. The Balaban J connectivity index is 2.12. The maximum Gasteiger partial charge on any atom is 0.416 e. The molecule has 0 saturated heterocycles. The third kappa shape index (κ3) is 5.90. The largest absolute Gasteiger partial charge is 0.474 e. The molecule has 0 amide bonds. The number of halogens is 4. The molecule has 29 heavy (non-hydrogen) atoms. The van der Waals surface area contributed by atoms with Gasteiger partial charge in [-0.25, -0.2) is 4.79 Å². The highest BCUT2D eigenvalue weighted by Gasteiger charge is 2.32. The summed E-state index contributed by atoms with van der Waals surface area (Å²) >= 11 is 5.80. The summed E-state index contributed by atoms with van der Waals surface area (Å²) in [5.41, 5.74) is -0.993. The SMILES string of the molecule is O=C(COC(C(=O)O)[N+](=O)[O-])c1cccc(Oc2ccc(C(F)(F)F)cc2Cl)c1. The van der Waals surface area contributed by atoms with Crippen LogP contribution < -0.4 is 4.74 Å². The lowest BCUT2D eigenvalue weighted by Crippen LogP contribution is -2.33. The summed E-state index contributed by atoms with van der Waals surface area (Å²) in [5, 5.41) is 18.9. The second kappa shape index (κ2) is 8.88. The lowest BCUT2D eigenvalue weighted by Gasteiger charge is -2.12. The molecular formula is C17H11ClF3NO7. The van der Waals surface area contributed by atoms with E-state index in [2.05, 4.69) is 4.74 Å². The first-order valence-electron chi connectivity index (χ1n) is 7.65. The van der Waals surface area contributed by atoms with Crippen molar-refractivity contribution in [2.24, 2.45) is 0 Å². The van der Waals surface area contributed by atoms with Crippen LogP contribution in [0, 0.1) is 10.1 Å². The van der Waals surface area contributed by atoms with Crippen LogP contribution in [0.3, 0.4) is 0 Å². The van der Waals surface area contributed by atoms with Gasteiger partial charge in [0.15, 0.2) is 5.78 Å². The van der Waals surface area contributed by atoms with Gasteiger partial charge >= 0.3 is 18.4 Å². The van der Waals surface area contributed by atoms with Gasteiger partial charge in [-0.05, 0) is 30.3 Å². The smallest absolute Gasteiger partial charge is 0.416 e. The van der Waals surface area contributed by atoms with E-state index < -0.39 is 41.3 Å². The van der Waals surface area contributed by atoms with Gasteiger partial charge in [0.05, 0.1) is 15.5 Å². The number of carbonyl (C=O) groups excluding carboxylic acids is 1. The van der Waals surface area contributed by atoms with Gasteiger partial charge in [-0.3, -0.25) is 19.6 Å². The molecule has 0 heterocycles. The summed E-state index contributed by atoms with van der Waals surface area (Å²) in [6, 6.07) is 7.75. The zero-order valence-electron chi connectivity index (χ0n) is 14.2. The summed E-state index contributed by atoms with van der Waals surface area (Å²) in [7, 11) is 0. The zero-order valence-corrected chi connectivity index (χ0v) is 14.9.